The van der Waals surface area contributed by atoms with E-state index in [1.165, 1.54) is 24.5 Å². The summed E-state index contributed by atoms with van der Waals surface area (Å²) in [4.78, 5) is 20.8. The second-order valence-corrected chi connectivity index (χ2v) is 6.53. The zero-order valence-electron chi connectivity index (χ0n) is 14.9. The van der Waals surface area contributed by atoms with Crippen molar-refractivity contribution in [3.8, 4) is 22.2 Å². The Bertz CT molecular complexity index is 935. The molecule has 0 unspecified atom stereocenters. The number of nitrogens with one attached hydrogen (secondary N) is 1. The molecular formula is C19H17F2N3O3S. The molecule has 6 nitrogen and oxygen atoms in total. The van der Waals surface area contributed by atoms with E-state index in [0.717, 1.165) is 10.7 Å². The molecule has 0 fully saturated rings. The summed E-state index contributed by atoms with van der Waals surface area (Å²) in [5, 5.41) is 5.35. The molecule has 0 aliphatic heterocycles. The quantitative estimate of drug-likeness (QED) is 0.619. The lowest BCUT2D eigenvalue weighted by Crippen LogP contribution is -2.24. The number of halogens is 2. The smallest absolute Gasteiger partial charge is 0.387 e. The normalized spacial score (nSPS) is 10.7. The highest BCUT2D eigenvalue weighted by Gasteiger charge is 2.12. The number of alkyl halides is 2. The van der Waals surface area contributed by atoms with E-state index in [9.17, 15) is 13.6 Å². The number of pyridine rings is 1. The molecule has 1 aromatic carbocycles. The molecule has 28 heavy (non-hydrogen) atoms. The van der Waals surface area contributed by atoms with Crippen LogP contribution in [0.5, 0.6) is 11.5 Å². The van der Waals surface area contributed by atoms with E-state index in [-0.39, 0.29) is 30.4 Å². The van der Waals surface area contributed by atoms with E-state index in [0.29, 0.717) is 11.3 Å². The van der Waals surface area contributed by atoms with E-state index in [1.807, 2.05) is 23.6 Å². The molecule has 3 aromatic rings. The summed E-state index contributed by atoms with van der Waals surface area (Å²) >= 11 is 1.43. The minimum absolute atomic E-state index is 0.0582. The minimum atomic E-state index is -2.94. The van der Waals surface area contributed by atoms with Crippen LogP contribution in [-0.4, -0.2) is 29.6 Å². The van der Waals surface area contributed by atoms with Crippen molar-refractivity contribution < 1.29 is 23.0 Å². The van der Waals surface area contributed by atoms with Crippen molar-refractivity contribution in [3.63, 3.8) is 0 Å². The van der Waals surface area contributed by atoms with Gasteiger partial charge in [0.1, 0.15) is 5.01 Å². The van der Waals surface area contributed by atoms with Crippen molar-refractivity contribution in [2.75, 3.05) is 7.11 Å². The van der Waals surface area contributed by atoms with Gasteiger partial charge >= 0.3 is 6.61 Å². The standard InChI is InChI=1S/C19H17F2N3O3S/c1-26-16-8-12(5-6-15(16)27-19(20)21)10-23-17(25)9-13-11-28-18(24-13)14-4-2-3-7-22-14/h2-8,11,19H,9-10H2,1H3,(H,23,25). The number of rotatable bonds is 8. The topological polar surface area (TPSA) is 73.3 Å². The largest absolute Gasteiger partial charge is 0.493 e. The molecule has 2 aromatic heterocycles. The highest BCUT2D eigenvalue weighted by Crippen LogP contribution is 2.29. The number of hydrogen-bond acceptors (Lipinski definition) is 6. The third-order valence-corrected chi connectivity index (χ3v) is 4.62. The van der Waals surface area contributed by atoms with Gasteiger partial charge in [0.15, 0.2) is 11.5 Å². The van der Waals surface area contributed by atoms with Gasteiger partial charge in [-0.3, -0.25) is 9.78 Å². The second kappa shape index (κ2) is 9.23. The maximum absolute atomic E-state index is 12.4. The summed E-state index contributed by atoms with van der Waals surface area (Å²) in [7, 11) is 1.36. The number of nitrogens with zero attached hydrogens (tertiary/aromatic N) is 2. The molecule has 0 spiro atoms. The van der Waals surface area contributed by atoms with E-state index in [1.54, 1.807) is 18.3 Å². The Balaban J connectivity index is 1.57. The number of ether oxygens (including phenoxy) is 2. The first-order valence-electron chi connectivity index (χ1n) is 8.29. The van der Waals surface area contributed by atoms with Crippen molar-refractivity contribution in [2.24, 2.45) is 0 Å². The molecule has 0 saturated heterocycles. The first-order valence-corrected chi connectivity index (χ1v) is 9.17. The third-order valence-electron chi connectivity index (χ3n) is 3.71. The summed E-state index contributed by atoms with van der Waals surface area (Å²) < 4.78 is 34.2. The number of aromatic nitrogens is 2. The summed E-state index contributed by atoms with van der Waals surface area (Å²) in [5.41, 5.74) is 2.11. The zero-order chi connectivity index (χ0) is 19.9. The van der Waals surface area contributed by atoms with Crippen LogP contribution in [-0.2, 0) is 17.8 Å². The number of methoxy groups -OCH3 is 1. The predicted octanol–water partition coefficient (Wildman–Crippen LogP) is 3.67. The zero-order valence-corrected chi connectivity index (χ0v) is 15.7. The fraction of sp³-hybridized carbons (Fsp3) is 0.211. The average Bonchev–Trinajstić information content (AvgIpc) is 3.16. The average molecular weight is 405 g/mol. The lowest BCUT2D eigenvalue weighted by molar-refractivity contribution is -0.120. The molecule has 146 valence electrons. The predicted molar refractivity (Wildman–Crippen MR) is 101 cm³/mol. The van der Waals surface area contributed by atoms with E-state index < -0.39 is 6.61 Å². The maximum atomic E-state index is 12.4. The van der Waals surface area contributed by atoms with Gasteiger partial charge in [-0.1, -0.05) is 12.1 Å². The molecule has 1 N–H and O–H groups in total. The molecule has 0 bridgehead atoms. The summed E-state index contributed by atoms with van der Waals surface area (Å²) in [5.74, 6) is -0.0894. The van der Waals surface area contributed by atoms with Crippen LogP contribution in [0, 0.1) is 0 Å². The number of benzene rings is 1. The molecule has 9 heteroatoms. The first-order chi connectivity index (χ1) is 13.5. The fourth-order valence-electron chi connectivity index (χ4n) is 2.44. The van der Waals surface area contributed by atoms with Crippen LogP contribution >= 0.6 is 11.3 Å². The van der Waals surface area contributed by atoms with Crippen molar-refractivity contribution in [3.05, 3.63) is 59.2 Å². The molecule has 0 aliphatic carbocycles. The van der Waals surface area contributed by atoms with E-state index in [2.05, 4.69) is 20.0 Å². The van der Waals surface area contributed by atoms with Crippen LogP contribution in [0.15, 0.2) is 48.0 Å². The van der Waals surface area contributed by atoms with Crippen molar-refractivity contribution in [1.82, 2.24) is 15.3 Å². The van der Waals surface area contributed by atoms with Gasteiger partial charge in [-0.15, -0.1) is 11.3 Å². The highest BCUT2D eigenvalue weighted by molar-refractivity contribution is 7.13. The highest BCUT2D eigenvalue weighted by atomic mass is 32.1. The van der Waals surface area contributed by atoms with Gasteiger partial charge in [-0.25, -0.2) is 4.98 Å². The monoisotopic (exact) mass is 405 g/mol. The number of hydrogen-bond donors (Lipinski definition) is 1. The van der Waals surface area contributed by atoms with Crippen LogP contribution in [0.3, 0.4) is 0 Å². The summed E-state index contributed by atoms with van der Waals surface area (Å²) in [6, 6.07) is 10.1. The van der Waals surface area contributed by atoms with Crippen LogP contribution in [0.1, 0.15) is 11.3 Å². The van der Waals surface area contributed by atoms with Crippen LogP contribution in [0.4, 0.5) is 8.78 Å². The molecule has 0 radical (unpaired) electrons. The Morgan fingerprint density at radius 2 is 2.11 bits per heavy atom. The van der Waals surface area contributed by atoms with Gasteiger partial charge in [0.2, 0.25) is 5.91 Å². The molecular weight excluding hydrogens is 388 g/mol. The number of carbonyl (C=O) groups excluding carboxylic acids is 1. The Morgan fingerprint density at radius 1 is 1.25 bits per heavy atom. The van der Waals surface area contributed by atoms with Crippen molar-refractivity contribution in [2.45, 2.75) is 19.6 Å². The van der Waals surface area contributed by atoms with Gasteiger partial charge in [0.25, 0.3) is 0 Å². The second-order valence-electron chi connectivity index (χ2n) is 5.68. The number of carbonyl (C=O) groups is 1. The third kappa shape index (κ3) is 5.23. The van der Waals surface area contributed by atoms with Gasteiger partial charge < -0.3 is 14.8 Å². The first kappa shape index (κ1) is 19.7. The van der Waals surface area contributed by atoms with Gasteiger partial charge in [0, 0.05) is 18.1 Å². The molecule has 1 amide bonds. The van der Waals surface area contributed by atoms with Crippen LogP contribution in [0.25, 0.3) is 10.7 Å². The molecule has 0 aliphatic rings. The van der Waals surface area contributed by atoms with Crippen LogP contribution in [0.2, 0.25) is 0 Å². The Morgan fingerprint density at radius 3 is 2.82 bits per heavy atom. The Labute approximate surface area is 164 Å². The van der Waals surface area contributed by atoms with Gasteiger partial charge in [-0.05, 0) is 29.8 Å². The lowest BCUT2D eigenvalue weighted by atomic mass is 10.2. The molecule has 0 saturated carbocycles. The van der Waals surface area contributed by atoms with Gasteiger partial charge in [0.05, 0.1) is 24.9 Å². The van der Waals surface area contributed by atoms with Crippen molar-refractivity contribution in [1.29, 1.82) is 0 Å². The minimum Gasteiger partial charge on any atom is -0.493 e. The number of amides is 1. The van der Waals surface area contributed by atoms with Gasteiger partial charge in [-0.2, -0.15) is 8.78 Å². The number of thiazole rings is 1. The summed E-state index contributed by atoms with van der Waals surface area (Å²) in [6.45, 7) is -2.71. The fourth-order valence-corrected chi connectivity index (χ4v) is 3.23. The molecule has 3 rings (SSSR count). The van der Waals surface area contributed by atoms with E-state index in [4.69, 9.17) is 4.74 Å². The lowest BCUT2D eigenvalue weighted by Gasteiger charge is -2.11. The van der Waals surface area contributed by atoms with E-state index >= 15 is 0 Å². The maximum Gasteiger partial charge on any atom is 0.387 e. The Kier molecular flexibility index (Phi) is 6.49. The van der Waals surface area contributed by atoms with Crippen LogP contribution < -0.4 is 14.8 Å². The summed E-state index contributed by atoms with van der Waals surface area (Å²) in [6.07, 6.45) is 1.82. The van der Waals surface area contributed by atoms with Crippen molar-refractivity contribution >= 4 is 17.2 Å². The SMILES string of the molecule is COc1cc(CNC(=O)Cc2csc(-c3ccccn3)n2)ccc1OC(F)F. The molecule has 2 heterocycles. The Hall–Kier alpha value is -3.07. The molecule has 0 atom stereocenters.